The molecule has 0 radical (unpaired) electrons. The Morgan fingerprint density at radius 1 is 1.23 bits per heavy atom. The number of hydrogen-bond donors (Lipinski definition) is 2. The highest BCUT2D eigenvalue weighted by Gasteiger charge is 2.34. The summed E-state index contributed by atoms with van der Waals surface area (Å²) in [5.74, 6) is 1.78. The molecule has 0 aliphatic carbocycles. The number of hydrogen-bond acceptors (Lipinski definition) is 3. The lowest BCUT2D eigenvalue weighted by Gasteiger charge is -2.38. The fourth-order valence-corrected chi connectivity index (χ4v) is 3.49. The van der Waals surface area contributed by atoms with Crippen molar-refractivity contribution in [3.63, 3.8) is 0 Å². The number of fused-ring (bicyclic) bond motifs is 1. The third-order valence-corrected chi connectivity index (χ3v) is 4.57. The van der Waals surface area contributed by atoms with Gasteiger partial charge in [0.25, 0.3) is 0 Å². The van der Waals surface area contributed by atoms with Gasteiger partial charge in [0, 0.05) is 17.7 Å². The molecule has 1 heterocycles. The van der Waals surface area contributed by atoms with Gasteiger partial charge in [-0.25, -0.2) is 0 Å². The highest BCUT2D eigenvalue weighted by atomic mass is 32.1. The predicted octanol–water partition coefficient (Wildman–Crippen LogP) is 4.98. The topological polar surface area (TPSA) is 42.5 Å². The van der Waals surface area contributed by atoms with Crippen LogP contribution in [-0.2, 0) is 0 Å². The second-order valence-electron chi connectivity index (χ2n) is 7.22. The first kappa shape index (κ1) is 18.5. The molecule has 0 saturated carbocycles. The van der Waals surface area contributed by atoms with Crippen LogP contribution in [0.4, 0.5) is 5.69 Å². The maximum absolute atomic E-state index is 6.12. The molecular formula is C21H26N2O2S. The zero-order chi connectivity index (χ0) is 18.7. The molecule has 0 fully saturated rings. The molecule has 5 heteroatoms. The van der Waals surface area contributed by atoms with E-state index in [2.05, 4.69) is 43.5 Å². The van der Waals surface area contributed by atoms with Crippen LogP contribution in [0.25, 0.3) is 0 Å². The van der Waals surface area contributed by atoms with E-state index in [1.165, 1.54) is 5.56 Å². The quantitative estimate of drug-likeness (QED) is 0.743. The fraction of sp³-hybridized carbons (Fsp3) is 0.381. The van der Waals surface area contributed by atoms with Crippen molar-refractivity contribution in [3.05, 3.63) is 53.6 Å². The molecule has 0 aromatic heterocycles. The van der Waals surface area contributed by atoms with Crippen molar-refractivity contribution < 1.29 is 9.47 Å². The van der Waals surface area contributed by atoms with Gasteiger partial charge in [-0.15, -0.1) is 0 Å². The fourth-order valence-electron chi connectivity index (χ4n) is 3.23. The molecule has 4 nitrogen and oxygen atoms in total. The molecule has 1 atom stereocenters. The smallest absolute Gasteiger partial charge is 0.171 e. The molecule has 1 aliphatic heterocycles. The summed E-state index contributed by atoms with van der Waals surface area (Å²) in [7, 11) is 0. The molecule has 1 aliphatic rings. The van der Waals surface area contributed by atoms with E-state index < -0.39 is 0 Å². The van der Waals surface area contributed by atoms with E-state index in [4.69, 9.17) is 21.7 Å². The zero-order valence-electron chi connectivity index (χ0n) is 15.8. The van der Waals surface area contributed by atoms with Crippen molar-refractivity contribution in [2.24, 2.45) is 0 Å². The number of benzene rings is 2. The van der Waals surface area contributed by atoms with E-state index in [9.17, 15) is 0 Å². The lowest BCUT2D eigenvalue weighted by atomic mass is 9.89. The highest BCUT2D eigenvalue weighted by molar-refractivity contribution is 7.80. The van der Waals surface area contributed by atoms with Crippen LogP contribution in [0.3, 0.4) is 0 Å². The van der Waals surface area contributed by atoms with Gasteiger partial charge in [-0.05, 0) is 70.2 Å². The van der Waals surface area contributed by atoms with Crippen LogP contribution in [0.5, 0.6) is 11.5 Å². The van der Waals surface area contributed by atoms with Crippen LogP contribution in [0.15, 0.2) is 42.5 Å². The monoisotopic (exact) mass is 370 g/mol. The first-order valence-corrected chi connectivity index (χ1v) is 9.37. The Bertz CT molecular complexity index is 787. The molecule has 0 bridgehead atoms. The van der Waals surface area contributed by atoms with Crippen LogP contribution >= 0.6 is 12.2 Å². The standard InChI is InChI=1S/C21H26N2O2S/c1-5-24-16-9-7-15(8-10-16)22-20(26)23-18-13-21(3,4)25-19-11-6-14(2)12-17(18)19/h6-12,18H,5,13H2,1-4H3,(H2,22,23,26). The summed E-state index contributed by atoms with van der Waals surface area (Å²) in [6.45, 7) is 8.93. The Hall–Kier alpha value is -2.27. The molecule has 26 heavy (non-hydrogen) atoms. The third kappa shape index (κ3) is 4.47. The van der Waals surface area contributed by atoms with Gasteiger partial charge in [-0.2, -0.15) is 0 Å². The van der Waals surface area contributed by atoms with Crippen molar-refractivity contribution in [3.8, 4) is 11.5 Å². The molecule has 0 spiro atoms. The summed E-state index contributed by atoms with van der Waals surface area (Å²) in [5, 5.41) is 7.31. The maximum Gasteiger partial charge on any atom is 0.171 e. The van der Waals surface area contributed by atoms with Crippen molar-refractivity contribution in [1.29, 1.82) is 0 Å². The van der Waals surface area contributed by atoms with Crippen molar-refractivity contribution >= 4 is 23.0 Å². The maximum atomic E-state index is 6.12. The van der Waals surface area contributed by atoms with Gasteiger partial charge < -0.3 is 20.1 Å². The van der Waals surface area contributed by atoms with Gasteiger partial charge in [-0.1, -0.05) is 17.7 Å². The van der Waals surface area contributed by atoms with Gasteiger partial charge in [-0.3, -0.25) is 0 Å². The van der Waals surface area contributed by atoms with E-state index >= 15 is 0 Å². The van der Waals surface area contributed by atoms with Crippen LogP contribution < -0.4 is 20.1 Å². The van der Waals surface area contributed by atoms with Gasteiger partial charge >= 0.3 is 0 Å². The van der Waals surface area contributed by atoms with Gasteiger partial charge in [0.15, 0.2) is 5.11 Å². The minimum Gasteiger partial charge on any atom is -0.494 e. The second kappa shape index (κ2) is 7.54. The number of anilines is 1. The van der Waals surface area contributed by atoms with E-state index in [0.29, 0.717) is 11.7 Å². The third-order valence-electron chi connectivity index (χ3n) is 4.35. The average molecular weight is 371 g/mol. The lowest BCUT2D eigenvalue weighted by Crippen LogP contribution is -2.42. The Morgan fingerprint density at radius 3 is 2.65 bits per heavy atom. The Labute approximate surface area is 160 Å². The number of rotatable bonds is 4. The summed E-state index contributed by atoms with van der Waals surface area (Å²) in [6, 6.07) is 14.2. The van der Waals surface area contributed by atoms with Crippen LogP contribution in [0.1, 0.15) is 44.4 Å². The number of nitrogens with one attached hydrogen (secondary N) is 2. The summed E-state index contributed by atoms with van der Waals surface area (Å²) in [4.78, 5) is 0. The first-order valence-electron chi connectivity index (χ1n) is 8.96. The number of ether oxygens (including phenoxy) is 2. The van der Waals surface area contributed by atoms with E-state index in [1.807, 2.05) is 37.3 Å². The number of aryl methyl sites for hydroxylation is 1. The second-order valence-corrected chi connectivity index (χ2v) is 7.62. The average Bonchev–Trinajstić information content (AvgIpc) is 2.57. The van der Waals surface area contributed by atoms with Crippen LogP contribution in [0.2, 0.25) is 0 Å². The van der Waals surface area contributed by atoms with Crippen molar-refractivity contribution in [2.45, 2.75) is 45.8 Å². The van der Waals surface area contributed by atoms with Crippen molar-refractivity contribution in [2.75, 3.05) is 11.9 Å². The summed E-state index contributed by atoms with van der Waals surface area (Å²) >= 11 is 5.54. The molecule has 0 amide bonds. The molecule has 1 unspecified atom stereocenters. The van der Waals surface area contributed by atoms with Crippen molar-refractivity contribution in [1.82, 2.24) is 5.32 Å². The van der Waals surface area contributed by atoms with E-state index in [1.54, 1.807) is 0 Å². The summed E-state index contributed by atoms with van der Waals surface area (Å²) < 4.78 is 11.6. The Balaban J connectivity index is 1.71. The zero-order valence-corrected chi connectivity index (χ0v) is 16.6. The molecule has 2 aromatic carbocycles. The van der Waals surface area contributed by atoms with E-state index in [0.717, 1.165) is 29.2 Å². The first-order chi connectivity index (χ1) is 12.4. The molecule has 2 aromatic rings. The molecule has 3 rings (SSSR count). The summed E-state index contributed by atoms with van der Waals surface area (Å²) in [5.41, 5.74) is 3.06. The minimum atomic E-state index is -0.241. The Morgan fingerprint density at radius 2 is 1.96 bits per heavy atom. The molecule has 2 N–H and O–H groups in total. The lowest BCUT2D eigenvalue weighted by molar-refractivity contribution is 0.0696. The van der Waals surface area contributed by atoms with Gasteiger partial charge in [0.1, 0.15) is 17.1 Å². The molecule has 0 saturated heterocycles. The molecular weight excluding hydrogens is 344 g/mol. The summed E-state index contributed by atoms with van der Waals surface area (Å²) in [6.07, 6.45) is 0.842. The number of thiocarbonyl (C=S) groups is 1. The van der Waals surface area contributed by atoms with Crippen LogP contribution in [0, 0.1) is 6.92 Å². The Kier molecular flexibility index (Phi) is 5.37. The normalized spacial score (nSPS) is 17.6. The minimum absolute atomic E-state index is 0.108. The van der Waals surface area contributed by atoms with E-state index in [-0.39, 0.29) is 11.6 Å². The largest absolute Gasteiger partial charge is 0.494 e. The van der Waals surface area contributed by atoms with Crippen LogP contribution in [-0.4, -0.2) is 17.3 Å². The van der Waals surface area contributed by atoms with Gasteiger partial charge in [0.05, 0.1) is 12.6 Å². The van der Waals surface area contributed by atoms with Gasteiger partial charge in [0.2, 0.25) is 0 Å². The molecule has 138 valence electrons. The predicted molar refractivity (Wildman–Crippen MR) is 110 cm³/mol. The SMILES string of the molecule is CCOc1ccc(NC(=S)NC2CC(C)(C)Oc3ccc(C)cc32)cc1. The highest BCUT2D eigenvalue weighted by Crippen LogP contribution is 2.39.